The molecular formula is C8H10Cl3N. The number of nitrogens with one attached hydrogen (secondary N) is 1. The minimum Gasteiger partial charge on any atom is -0.385 e. The van der Waals surface area contributed by atoms with Crippen LogP contribution in [0.2, 0.25) is 10.0 Å². The minimum absolute atomic E-state index is 0. The van der Waals surface area contributed by atoms with E-state index >= 15 is 0 Å². The molecule has 0 bridgehead atoms. The van der Waals surface area contributed by atoms with E-state index in [9.17, 15) is 0 Å². The highest BCUT2D eigenvalue weighted by Crippen LogP contribution is 2.24. The van der Waals surface area contributed by atoms with E-state index < -0.39 is 0 Å². The molecule has 0 saturated heterocycles. The average Bonchev–Trinajstić information content (AvgIpc) is 1.98. The van der Waals surface area contributed by atoms with Gasteiger partial charge in [0, 0.05) is 12.2 Å². The number of hydrogen-bond donors (Lipinski definition) is 1. The van der Waals surface area contributed by atoms with E-state index in [1.54, 1.807) is 6.07 Å². The second-order valence-corrected chi connectivity index (χ2v) is 2.97. The van der Waals surface area contributed by atoms with Crippen LogP contribution in [0.3, 0.4) is 0 Å². The lowest BCUT2D eigenvalue weighted by atomic mass is 10.3. The van der Waals surface area contributed by atoms with Gasteiger partial charge in [-0.3, -0.25) is 0 Å². The second-order valence-electron chi connectivity index (χ2n) is 2.16. The summed E-state index contributed by atoms with van der Waals surface area (Å²) < 4.78 is 0. The fourth-order valence-electron chi connectivity index (χ4n) is 0.810. The molecule has 1 aromatic carbocycles. The average molecular weight is 227 g/mol. The summed E-state index contributed by atoms with van der Waals surface area (Å²) in [6.45, 7) is 2.92. The molecule has 1 N–H and O–H groups in total. The summed E-state index contributed by atoms with van der Waals surface area (Å²) in [6, 6.07) is 5.49. The molecule has 4 heteroatoms. The lowest BCUT2D eigenvalue weighted by Crippen LogP contribution is -1.95. The fraction of sp³-hybridized carbons (Fsp3) is 0.250. The van der Waals surface area contributed by atoms with Gasteiger partial charge < -0.3 is 5.32 Å². The third kappa shape index (κ3) is 3.10. The quantitative estimate of drug-likeness (QED) is 0.808. The Hall–Kier alpha value is -0.110. The monoisotopic (exact) mass is 225 g/mol. The van der Waals surface area contributed by atoms with Crippen LogP contribution in [0.1, 0.15) is 6.92 Å². The minimum atomic E-state index is 0. The molecule has 1 rings (SSSR count). The molecule has 1 nitrogen and oxygen atoms in total. The highest BCUT2D eigenvalue weighted by atomic mass is 35.5. The van der Waals surface area contributed by atoms with Crippen molar-refractivity contribution in [2.24, 2.45) is 0 Å². The largest absolute Gasteiger partial charge is 0.385 e. The smallest absolute Gasteiger partial charge is 0.0612 e. The first kappa shape index (κ1) is 11.9. The molecule has 0 aliphatic rings. The zero-order valence-corrected chi connectivity index (χ0v) is 8.93. The van der Waals surface area contributed by atoms with Gasteiger partial charge in [-0.15, -0.1) is 12.4 Å². The van der Waals surface area contributed by atoms with E-state index in [4.69, 9.17) is 23.2 Å². The summed E-state index contributed by atoms with van der Waals surface area (Å²) in [5.74, 6) is 0. The van der Waals surface area contributed by atoms with E-state index in [1.165, 1.54) is 0 Å². The van der Waals surface area contributed by atoms with Crippen LogP contribution in [-0.4, -0.2) is 6.54 Å². The maximum atomic E-state index is 5.78. The Balaban J connectivity index is 0.00000121. The molecule has 0 aliphatic carbocycles. The van der Waals surface area contributed by atoms with Crippen LogP contribution < -0.4 is 5.32 Å². The van der Waals surface area contributed by atoms with Crippen LogP contribution in [0.15, 0.2) is 18.2 Å². The summed E-state index contributed by atoms with van der Waals surface area (Å²) in [5.41, 5.74) is 1.00. The van der Waals surface area contributed by atoms with Crippen LogP contribution in [-0.2, 0) is 0 Å². The van der Waals surface area contributed by atoms with Gasteiger partial charge in [0.25, 0.3) is 0 Å². The Morgan fingerprint density at radius 2 is 1.92 bits per heavy atom. The summed E-state index contributed by atoms with van der Waals surface area (Å²) in [6.07, 6.45) is 0. The first-order valence-corrected chi connectivity index (χ1v) is 4.18. The van der Waals surface area contributed by atoms with Crippen molar-refractivity contribution in [2.45, 2.75) is 6.92 Å². The predicted octanol–water partition coefficient (Wildman–Crippen LogP) is 3.85. The van der Waals surface area contributed by atoms with Gasteiger partial charge >= 0.3 is 0 Å². The lowest BCUT2D eigenvalue weighted by molar-refractivity contribution is 1.21. The molecular weight excluding hydrogens is 216 g/mol. The van der Waals surface area contributed by atoms with Crippen molar-refractivity contribution in [3.63, 3.8) is 0 Å². The molecule has 12 heavy (non-hydrogen) atoms. The molecule has 0 radical (unpaired) electrons. The highest BCUT2D eigenvalue weighted by Gasteiger charge is 1.96. The molecule has 0 heterocycles. The van der Waals surface area contributed by atoms with Crippen molar-refractivity contribution in [3.05, 3.63) is 28.2 Å². The number of halogens is 3. The van der Waals surface area contributed by atoms with Gasteiger partial charge in [0.05, 0.1) is 10.0 Å². The van der Waals surface area contributed by atoms with Gasteiger partial charge in [-0.1, -0.05) is 23.2 Å². The zero-order valence-electron chi connectivity index (χ0n) is 6.60. The summed E-state index contributed by atoms with van der Waals surface area (Å²) in [5, 5.41) is 4.31. The number of benzene rings is 1. The van der Waals surface area contributed by atoms with Crippen molar-refractivity contribution in [1.82, 2.24) is 0 Å². The van der Waals surface area contributed by atoms with E-state index in [0.717, 1.165) is 12.2 Å². The van der Waals surface area contributed by atoms with E-state index in [0.29, 0.717) is 10.0 Å². The zero-order chi connectivity index (χ0) is 8.27. The fourth-order valence-corrected chi connectivity index (χ4v) is 1.11. The third-order valence-corrected chi connectivity index (χ3v) is 2.04. The molecule has 0 atom stereocenters. The van der Waals surface area contributed by atoms with Gasteiger partial charge in [-0.2, -0.15) is 0 Å². The molecule has 0 aliphatic heterocycles. The lowest BCUT2D eigenvalue weighted by Gasteiger charge is -2.03. The first-order valence-electron chi connectivity index (χ1n) is 3.43. The van der Waals surface area contributed by atoms with Crippen LogP contribution in [0.5, 0.6) is 0 Å². The Morgan fingerprint density at radius 3 is 2.42 bits per heavy atom. The Labute approximate surface area is 88.5 Å². The molecule has 0 amide bonds. The van der Waals surface area contributed by atoms with Crippen molar-refractivity contribution in [3.8, 4) is 0 Å². The maximum Gasteiger partial charge on any atom is 0.0612 e. The van der Waals surface area contributed by atoms with Crippen LogP contribution in [0.4, 0.5) is 5.69 Å². The Morgan fingerprint density at radius 1 is 1.25 bits per heavy atom. The summed E-state index contributed by atoms with van der Waals surface area (Å²) in [7, 11) is 0. The van der Waals surface area contributed by atoms with E-state index in [1.807, 2.05) is 19.1 Å². The van der Waals surface area contributed by atoms with Crippen LogP contribution in [0, 0.1) is 0 Å². The molecule has 0 saturated carbocycles. The predicted molar refractivity (Wildman–Crippen MR) is 57.9 cm³/mol. The molecule has 68 valence electrons. The first-order chi connectivity index (χ1) is 5.24. The van der Waals surface area contributed by atoms with Gasteiger partial charge in [-0.25, -0.2) is 0 Å². The van der Waals surface area contributed by atoms with Gasteiger partial charge in [0.1, 0.15) is 0 Å². The van der Waals surface area contributed by atoms with Gasteiger partial charge in [0.15, 0.2) is 0 Å². The number of anilines is 1. The Kier molecular flexibility index (Phi) is 5.47. The van der Waals surface area contributed by atoms with Crippen molar-refractivity contribution in [2.75, 3.05) is 11.9 Å². The maximum absolute atomic E-state index is 5.78. The SMILES string of the molecule is CCNc1ccc(Cl)c(Cl)c1.Cl. The number of rotatable bonds is 2. The third-order valence-electron chi connectivity index (χ3n) is 1.30. The van der Waals surface area contributed by atoms with Crippen molar-refractivity contribution >= 4 is 41.3 Å². The highest BCUT2D eigenvalue weighted by molar-refractivity contribution is 6.42. The topological polar surface area (TPSA) is 12.0 Å². The molecule has 0 spiro atoms. The van der Waals surface area contributed by atoms with Crippen LogP contribution >= 0.6 is 35.6 Å². The summed E-state index contributed by atoms with van der Waals surface area (Å²) >= 11 is 11.5. The Bertz CT molecular complexity index is 250. The standard InChI is InChI=1S/C8H9Cl2N.ClH/c1-2-11-6-3-4-7(9)8(10)5-6;/h3-5,11H,2H2,1H3;1H. The molecule has 1 aromatic rings. The van der Waals surface area contributed by atoms with Crippen molar-refractivity contribution < 1.29 is 0 Å². The molecule has 0 fully saturated rings. The van der Waals surface area contributed by atoms with Crippen LogP contribution in [0.25, 0.3) is 0 Å². The van der Waals surface area contributed by atoms with Gasteiger partial charge in [0.2, 0.25) is 0 Å². The molecule has 0 aromatic heterocycles. The molecule has 0 unspecified atom stereocenters. The normalized spacial score (nSPS) is 8.92. The number of hydrogen-bond acceptors (Lipinski definition) is 1. The van der Waals surface area contributed by atoms with Gasteiger partial charge in [-0.05, 0) is 25.1 Å². The second kappa shape index (κ2) is 5.52. The van der Waals surface area contributed by atoms with E-state index in [2.05, 4.69) is 5.32 Å². The summed E-state index contributed by atoms with van der Waals surface area (Å²) in [4.78, 5) is 0. The van der Waals surface area contributed by atoms with E-state index in [-0.39, 0.29) is 12.4 Å². The van der Waals surface area contributed by atoms with Crippen molar-refractivity contribution in [1.29, 1.82) is 0 Å².